The summed E-state index contributed by atoms with van der Waals surface area (Å²) in [6.45, 7) is 31.8. The minimum absolute atomic E-state index is 0.00357. The van der Waals surface area contributed by atoms with Gasteiger partial charge in [0.15, 0.2) is 13.6 Å². The Hall–Kier alpha value is 0.680. The Balaban J connectivity index is 5.46. The number of hydrogen-bond donors (Lipinski definition) is 0. The molecule has 4 nitrogen and oxygen atoms in total. The number of thioether (sulfide) groups is 2. The lowest BCUT2D eigenvalue weighted by molar-refractivity contribution is -0.113. The van der Waals surface area contributed by atoms with Crippen molar-refractivity contribution < 1.29 is 9.32 Å². The maximum atomic E-state index is 12.1. The van der Waals surface area contributed by atoms with Gasteiger partial charge in [-0.15, -0.1) is 11.8 Å². The third-order valence-electron chi connectivity index (χ3n) is 4.63. The van der Waals surface area contributed by atoms with E-state index in [0.717, 1.165) is 5.75 Å². The van der Waals surface area contributed by atoms with Gasteiger partial charge in [0.05, 0.1) is 6.61 Å². The van der Waals surface area contributed by atoms with Gasteiger partial charge in [-0.05, 0) is 83.1 Å². The number of hydrogen-bond acceptors (Lipinski definition) is 6. The van der Waals surface area contributed by atoms with Gasteiger partial charge in [0.2, 0.25) is 0 Å². The highest BCUT2D eigenvalue weighted by atomic mass is 32.2. The van der Waals surface area contributed by atoms with Crippen LogP contribution >= 0.6 is 32.0 Å². The Kier molecular flexibility index (Phi) is 13.8. The maximum absolute atomic E-state index is 12.1. The summed E-state index contributed by atoms with van der Waals surface area (Å²) in [5, 5.41) is 0.278. The van der Waals surface area contributed by atoms with Crippen molar-refractivity contribution in [1.82, 2.24) is 9.34 Å². The third-order valence-corrected chi connectivity index (χ3v) is 10.8. The van der Waals surface area contributed by atoms with Gasteiger partial charge < -0.3 is 4.52 Å². The molecular formula is C24H51N2O2PS2. The predicted octanol–water partition coefficient (Wildman–Crippen LogP) is 7.67. The summed E-state index contributed by atoms with van der Waals surface area (Å²) in [7, 11) is -0.884. The van der Waals surface area contributed by atoms with Crippen molar-refractivity contribution in [1.29, 1.82) is 0 Å². The van der Waals surface area contributed by atoms with Crippen LogP contribution < -0.4 is 0 Å². The van der Waals surface area contributed by atoms with Crippen LogP contribution in [0.4, 0.5) is 0 Å². The van der Waals surface area contributed by atoms with Crippen LogP contribution in [0.2, 0.25) is 0 Å². The molecule has 0 aliphatic carbocycles. The molecule has 0 amide bonds. The Labute approximate surface area is 204 Å². The molecule has 0 saturated carbocycles. The molecule has 0 radical (unpaired) electrons. The Morgan fingerprint density at radius 2 is 1.16 bits per heavy atom. The van der Waals surface area contributed by atoms with Crippen molar-refractivity contribution >= 4 is 37.1 Å². The molecular weight excluding hydrogens is 443 g/mol. The monoisotopic (exact) mass is 494 g/mol. The number of carbonyl (C=O) groups excluding carboxylic acids is 1. The predicted molar refractivity (Wildman–Crippen MR) is 145 cm³/mol. The Morgan fingerprint density at radius 3 is 1.48 bits per heavy atom. The molecule has 0 unspecified atom stereocenters. The van der Waals surface area contributed by atoms with Crippen LogP contribution in [0.25, 0.3) is 0 Å². The number of rotatable bonds is 14. The van der Waals surface area contributed by atoms with Gasteiger partial charge in [0, 0.05) is 45.3 Å². The third kappa shape index (κ3) is 11.6. The van der Waals surface area contributed by atoms with Gasteiger partial charge in [0.1, 0.15) is 0 Å². The molecule has 0 aliphatic rings. The number of carbonyl (C=O) groups is 1. The average molecular weight is 495 g/mol. The Morgan fingerprint density at radius 1 is 0.774 bits per heavy atom. The van der Waals surface area contributed by atoms with Crippen LogP contribution in [0.1, 0.15) is 96.9 Å². The summed E-state index contributed by atoms with van der Waals surface area (Å²) in [5.41, 5.74) is 0. The van der Waals surface area contributed by atoms with Crippen molar-refractivity contribution in [3.05, 3.63) is 0 Å². The normalized spacial score (nSPS) is 14.0. The highest BCUT2D eigenvalue weighted by molar-refractivity contribution is 8.14. The maximum Gasteiger partial charge on any atom is 0.191 e. The van der Waals surface area contributed by atoms with Gasteiger partial charge in [-0.1, -0.05) is 25.6 Å². The second kappa shape index (κ2) is 13.5. The zero-order valence-electron chi connectivity index (χ0n) is 22.8. The van der Waals surface area contributed by atoms with E-state index in [1.54, 1.807) is 0 Å². The van der Waals surface area contributed by atoms with Crippen LogP contribution in [0.5, 0.6) is 0 Å². The lowest BCUT2D eigenvalue weighted by atomic mass is 10.2. The molecule has 0 bridgehead atoms. The topological polar surface area (TPSA) is 32.8 Å². The van der Waals surface area contributed by atoms with E-state index in [0.29, 0.717) is 30.8 Å². The zero-order valence-corrected chi connectivity index (χ0v) is 25.3. The molecule has 7 heteroatoms. The number of nitrogens with zero attached hydrogens (tertiary/aromatic N) is 2. The molecule has 0 fully saturated rings. The highest BCUT2D eigenvalue weighted by Gasteiger charge is 2.37. The van der Waals surface area contributed by atoms with Crippen LogP contribution in [-0.2, 0) is 9.32 Å². The van der Waals surface area contributed by atoms with Gasteiger partial charge in [-0.2, -0.15) is 0 Å². The molecule has 0 aromatic rings. The molecule has 0 aliphatic heterocycles. The SMILES string of the molecule is CC(C)C(=O)SCC(C)(C)SC(C)(C)COP(N(C(C)C)C(C)C)N(C(C)C)C(C)C. The van der Waals surface area contributed by atoms with E-state index in [2.05, 4.69) is 92.4 Å². The van der Waals surface area contributed by atoms with Crippen molar-refractivity contribution in [3.63, 3.8) is 0 Å². The fourth-order valence-electron chi connectivity index (χ4n) is 3.67. The summed E-state index contributed by atoms with van der Waals surface area (Å²) in [6, 6.07) is 1.65. The first-order valence-electron chi connectivity index (χ1n) is 11.8. The lowest BCUT2D eigenvalue weighted by Crippen LogP contribution is -2.44. The van der Waals surface area contributed by atoms with Gasteiger partial charge in [-0.25, -0.2) is 9.34 Å². The lowest BCUT2D eigenvalue weighted by Gasteiger charge is -2.46. The van der Waals surface area contributed by atoms with Crippen LogP contribution in [0.3, 0.4) is 0 Å². The first-order valence-corrected chi connectivity index (χ1v) is 14.7. The minimum atomic E-state index is -0.884. The van der Waals surface area contributed by atoms with E-state index in [-0.39, 0.29) is 20.5 Å². The quantitative estimate of drug-likeness (QED) is 0.230. The molecule has 0 rings (SSSR count). The van der Waals surface area contributed by atoms with Crippen molar-refractivity contribution in [3.8, 4) is 0 Å². The summed E-state index contributed by atoms with van der Waals surface area (Å²) >= 11 is 3.40. The molecule has 186 valence electrons. The van der Waals surface area contributed by atoms with Gasteiger partial charge in [0.25, 0.3) is 0 Å². The standard InChI is InChI=1S/C24H51N2O2PS2/c1-17(2)22(27)30-16-24(13,14)31-23(11,12)15-28-29(25(18(3)4)19(5)6)26(20(7)8)21(9)10/h17-21H,15-16H2,1-14H3. The van der Waals surface area contributed by atoms with Crippen molar-refractivity contribution in [2.75, 3.05) is 12.4 Å². The largest absolute Gasteiger partial charge is 0.330 e. The molecule has 0 N–H and O–H groups in total. The van der Waals surface area contributed by atoms with E-state index in [9.17, 15) is 4.79 Å². The molecule has 0 saturated heterocycles. The summed E-state index contributed by atoms with van der Waals surface area (Å²) in [6.07, 6.45) is 0. The molecule has 0 aromatic carbocycles. The second-order valence-corrected chi connectivity index (χ2v) is 16.1. The van der Waals surface area contributed by atoms with E-state index >= 15 is 0 Å². The fraction of sp³-hybridized carbons (Fsp3) is 0.958. The average Bonchev–Trinajstić information content (AvgIpc) is 2.55. The fourth-order valence-corrected chi connectivity index (χ4v) is 9.13. The minimum Gasteiger partial charge on any atom is -0.330 e. The smallest absolute Gasteiger partial charge is 0.191 e. The molecule has 0 heterocycles. The van der Waals surface area contributed by atoms with Gasteiger partial charge in [-0.3, -0.25) is 4.79 Å². The summed E-state index contributed by atoms with van der Waals surface area (Å²) in [4.78, 5) is 12.1. The van der Waals surface area contributed by atoms with E-state index in [4.69, 9.17) is 4.52 Å². The first-order chi connectivity index (χ1) is 13.9. The van der Waals surface area contributed by atoms with Crippen LogP contribution in [0, 0.1) is 5.92 Å². The first kappa shape index (κ1) is 31.7. The highest BCUT2D eigenvalue weighted by Crippen LogP contribution is 2.52. The Bertz CT molecular complexity index is 502. The second-order valence-electron chi connectivity index (χ2n) is 11.0. The summed E-state index contributed by atoms with van der Waals surface area (Å²) < 4.78 is 11.8. The molecule has 0 aromatic heterocycles. The van der Waals surface area contributed by atoms with E-state index < -0.39 is 8.45 Å². The molecule has 0 atom stereocenters. The van der Waals surface area contributed by atoms with Crippen LogP contribution in [0.15, 0.2) is 0 Å². The van der Waals surface area contributed by atoms with Gasteiger partial charge >= 0.3 is 0 Å². The van der Waals surface area contributed by atoms with Crippen molar-refractivity contribution in [2.45, 2.75) is 131 Å². The molecule has 31 heavy (non-hydrogen) atoms. The van der Waals surface area contributed by atoms with E-state index in [1.807, 2.05) is 25.6 Å². The summed E-state index contributed by atoms with van der Waals surface area (Å²) in [5.74, 6) is 0.906. The van der Waals surface area contributed by atoms with E-state index in [1.165, 1.54) is 11.8 Å². The zero-order chi connectivity index (χ0) is 24.7. The van der Waals surface area contributed by atoms with Crippen molar-refractivity contribution in [2.24, 2.45) is 5.92 Å². The molecule has 0 spiro atoms. The van der Waals surface area contributed by atoms with Crippen LogP contribution in [-0.4, -0.2) is 60.5 Å².